The maximum atomic E-state index is 12.8. The van der Waals surface area contributed by atoms with E-state index in [1.165, 1.54) is 0 Å². The fraction of sp³-hybridized carbons (Fsp3) is 0.176. The van der Waals surface area contributed by atoms with Crippen molar-refractivity contribution in [3.05, 3.63) is 54.3 Å². The first-order valence-electron chi connectivity index (χ1n) is 7.10. The quantitative estimate of drug-likeness (QED) is 0.905. The van der Waals surface area contributed by atoms with Crippen LogP contribution in [-0.4, -0.2) is 28.1 Å². The summed E-state index contributed by atoms with van der Waals surface area (Å²) in [6.45, 7) is 1.71. The van der Waals surface area contributed by atoms with Crippen LogP contribution in [0.5, 0.6) is 0 Å². The van der Waals surface area contributed by atoms with Gasteiger partial charge in [0.15, 0.2) is 0 Å². The number of nitrogens with zero attached hydrogens (tertiary/aromatic N) is 3. The van der Waals surface area contributed by atoms with Crippen molar-refractivity contribution < 1.29 is 9.59 Å². The average molecular weight is 306 g/mol. The van der Waals surface area contributed by atoms with Gasteiger partial charge in [0.1, 0.15) is 11.4 Å². The molecule has 0 aliphatic carbocycles. The van der Waals surface area contributed by atoms with Crippen LogP contribution in [-0.2, 0) is 9.59 Å². The van der Waals surface area contributed by atoms with E-state index >= 15 is 0 Å². The van der Waals surface area contributed by atoms with Crippen molar-refractivity contribution in [1.29, 1.82) is 5.26 Å². The number of benzene rings is 1. The van der Waals surface area contributed by atoms with Gasteiger partial charge in [0.25, 0.3) is 11.8 Å². The van der Waals surface area contributed by atoms with Gasteiger partial charge >= 0.3 is 0 Å². The highest BCUT2D eigenvalue weighted by molar-refractivity contribution is 6.11. The molecule has 0 saturated carbocycles. The Bertz CT molecular complexity index is 799. The minimum Gasteiger partial charge on any atom is -0.324 e. The van der Waals surface area contributed by atoms with Gasteiger partial charge in [0.05, 0.1) is 18.1 Å². The molecule has 1 aromatic rings. The average Bonchev–Trinajstić information content (AvgIpc) is 2.55. The number of anilines is 1. The van der Waals surface area contributed by atoms with Gasteiger partial charge in [-0.05, 0) is 43.3 Å². The summed E-state index contributed by atoms with van der Waals surface area (Å²) in [7, 11) is 0. The molecule has 23 heavy (non-hydrogen) atoms. The number of amidine groups is 1. The van der Waals surface area contributed by atoms with Crippen molar-refractivity contribution in [2.24, 2.45) is 4.99 Å². The van der Waals surface area contributed by atoms with Crippen LogP contribution >= 0.6 is 0 Å². The van der Waals surface area contributed by atoms with E-state index in [1.54, 1.807) is 60.5 Å². The zero-order valence-corrected chi connectivity index (χ0v) is 12.5. The van der Waals surface area contributed by atoms with Crippen LogP contribution in [0.4, 0.5) is 5.69 Å². The molecule has 2 heterocycles. The number of hydrogen-bond donors (Lipinski definition) is 1. The minimum absolute atomic E-state index is 0.00318. The highest BCUT2D eigenvalue weighted by atomic mass is 16.2. The van der Waals surface area contributed by atoms with E-state index < -0.39 is 5.54 Å². The van der Waals surface area contributed by atoms with Crippen molar-refractivity contribution in [2.75, 3.05) is 5.32 Å². The second kappa shape index (κ2) is 5.54. The Labute approximate surface area is 133 Å². The molecule has 2 aliphatic heterocycles. The normalized spacial score (nSPS) is 22.2. The number of carbonyl (C=O) groups is 2. The first-order valence-corrected chi connectivity index (χ1v) is 7.10. The summed E-state index contributed by atoms with van der Waals surface area (Å²) in [4.78, 5) is 30.3. The highest BCUT2D eigenvalue weighted by Crippen LogP contribution is 2.29. The maximum Gasteiger partial charge on any atom is 0.250 e. The van der Waals surface area contributed by atoms with Gasteiger partial charge in [-0.2, -0.15) is 10.3 Å². The summed E-state index contributed by atoms with van der Waals surface area (Å²) in [6, 6.07) is 8.59. The Balaban J connectivity index is 1.86. The lowest BCUT2D eigenvalue weighted by atomic mass is 9.91. The lowest BCUT2D eigenvalue weighted by Gasteiger charge is -2.41. The van der Waals surface area contributed by atoms with E-state index in [4.69, 9.17) is 5.26 Å². The smallest absolute Gasteiger partial charge is 0.250 e. The van der Waals surface area contributed by atoms with Crippen molar-refractivity contribution >= 4 is 23.3 Å². The van der Waals surface area contributed by atoms with Crippen LogP contribution in [0, 0.1) is 11.3 Å². The number of fused-ring (bicyclic) bond motifs is 1. The Morgan fingerprint density at radius 3 is 2.78 bits per heavy atom. The van der Waals surface area contributed by atoms with E-state index in [2.05, 4.69) is 10.3 Å². The molecular formula is C17H14N4O2. The molecule has 6 heteroatoms. The van der Waals surface area contributed by atoms with Crippen molar-refractivity contribution in [3.63, 3.8) is 0 Å². The first-order chi connectivity index (χ1) is 11.0. The second-order valence-corrected chi connectivity index (χ2v) is 5.53. The lowest BCUT2D eigenvalue weighted by molar-refractivity contribution is -0.130. The predicted molar refractivity (Wildman–Crippen MR) is 85.4 cm³/mol. The number of rotatable bonds is 2. The molecule has 6 nitrogen and oxygen atoms in total. The molecule has 114 valence electrons. The zero-order valence-electron chi connectivity index (χ0n) is 12.5. The zero-order chi connectivity index (χ0) is 16.4. The summed E-state index contributed by atoms with van der Waals surface area (Å²) in [5.41, 5.74) is 0.0346. The number of hydrogen-bond acceptors (Lipinski definition) is 4. The first kappa shape index (κ1) is 14.7. The Morgan fingerprint density at radius 2 is 2.09 bits per heavy atom. The van der Waals surface area contributed by atoms with Gasteiger partial charge in [-0.3, -0.25) is 9.59 Å². The molecule has 0 saturated heterocycles. The molecule has 1 atom stereocenters. The number of amides is 2. The van der Waals surface area contributed by atoms with E-state index in [-0.39, 0.29) is 18.2 Å². The Hall–Kier alpha value is -3.20. The number of nitriles is 1. The molecule has 1 aromatic carbocycles. The third-order valence-electron chi connectivity index (χ3n) is 3.87. The summed E-state index contributed by atoms with van der Waals surface area (Å²) in [5.74, 6) is -0.169. The minimum atomic E-state index is -1.05. The van der Waals surface area contributed by atoms with E-state index in [0.717, 1.165) is 0 Å². The fourth-order valence-corrected chi connectivity index (χ4v) is 2.57. The Kier molecular flexibility index (Phi) is 3.54. The van der Waals surface area contributed by atoms with Crippen LogP contribution in [0.15, 0.2) is 53.7 Å². The molecule has 0 spiro atoms. The summed E-state index contributed by atoms with van der Waals surface area (Å²) < 4.78 is 0. The van der Waals surface area contributed by atoms with Gasteiger partial charge < -0.3 is 10.2 Å². The fourth-order valence-electron chi connectivity index (χ4n) is 2.57. The Morgan fingerprint density at radius 1 is 1.35 bits per heavy atom. The summed E-state index contributed by atoms with van der Waals surface area (Å²) in [6.07, 6.45) is 7.00. The third kappa shape index (κ3) is 2.64. The van der Waals surface area contributed by atoms with Crippen molar-refractivity contribution in [1.82, 2.24) is 4.90 Å². The van der Waals surface area contributed by atoms with Crippen molar-refractivity contribution in [2.45, 2.75) is 18.9 Å². The largest absolute Gasteiger partial charge is 0.324 e. The molecular weight excluding hydrogens is 292 g/mol. The third-order valence-corrected chi connectivity index (χ3v) is 3.87. The monoisotopic (exact) mass is 306 g/mol. The van der Waals surface area contributed by atoms with Crippen LogP contribution in [0.1, 0.15) is 18.9 Å². The molecule has 1 N–H and O–H groups in total. The van der Waals surface area contributed by atoms with E-state index in [9.17, 15) is 9.59 Å². The molecule has 1 unspecified atom stereocenters. The van der Waals surface area contributed by atoms with E-state index in [1.807, 2.05) is 6.07 Å². The van der Waals surface area contributed by atoms with Crippen LogP contribution in [0.3, 0.4) is 0 Å². The van der Waals surface area contributed by atoms with Gasteiger partial charge in [0, 0.05) is 11.9 Å². The molecule has 2 aliphatic rings. The molecule has 0 bridgehead atoms. The van der Waals surface area contributed by atoms with Gasteiger partial charge in [0.2, 0.25) is 0 Å². The summed E-state index contributed by atoms with van der Waals surface area (Å²) in [5, 5.41) is 11.6. The SMILES string of the molecule is CC1(C(=O)Nc2ccc(C#N)cc2)CC(=O)N=C2C=CC=CN21. The number of carbonyl (C=O) groups excluding carboxylic acids is 2. The standard InChI is InChI=1S/C17H14N4O2/c1-17(10-15(22)20-14-4-2-3-9-21(14)17)16(23)19-13-7-5-12(11-18)6-8-13/h2-9H,10H2,1H3,(H,19,23). The van der Waals surface area contributed by atoms with E-state index in [0.29, 0.717) is 17.1 Å². The number of aliphatic imine (C=N–C) groups is 1. The molecule has 3 rings (SSSR count). The maximum absolute atomic E-state index is 12.8. The molecule has 0 aromatic heterocycles. The number of allylic oxidation sites excluding steroid dienone is 2. The second-order valence-electron chi connectivity index (χ2n) is 5.53. The predicted octanol–water partition coefficient (Wildman–Crippen LogP) is 1.97. The van der Waals surface area contributed by atoms with Crippen LogP contribution < -0.4 is 5.32 Å². The van der Waals surface area contributed by atoms with Gasteiger partial charge in [-0.1, -0.05) is 6.08 Å². The van der Waals surface area contributed by atoms with Crippen LogP contribution in [0.2, 0.25) is 0 Å². The molecule has 0 radical (unpaired) electrons. The molecule has 0 fully saturated rings. The molecule has 2 amide bonds. The van der Waals surface area contributed by atoms with Crippen LogP contribution in [0.25, 0.3) is 0 Å². The summed E-state index contributed by atoms with van der Waals surface area (Å²) >= 11 is 0. The highest BCUT2D eigenvalue weighted by Gasteiger charge is 2.45. The topological polar surface area (TPSA) is 85.6 Å². The number of nitrogens with one attached hydrogen (secondary N) is 1. The van der Waals surface area contributed by atoms with Crippen molar-refractivity contribution in [3.8, 4) is 6.07 Å². The van der Waals surface area contributed by atoms with Gasteiger partial charge in [-0.15, -0.1) is 0 Å². The lowest BCUT2D eigenvalue weighted by Crippen LogP contribution is -2.58. The van der Waals surface area contributed by atoms with Gasteiger partial charge in [-0.25, -0.2) is 0 Å².